The maximum Gasteiger partial charge on any atom is 0.339 e. The molecule has 0 aliphatic heterocycles. The van der Waals surface area contributed by atoms with E-state index in [4.69, 9.17) is 4.18 Å². The van der Waals surface area contributed by atoms with Crippen LogP contribution >= 0.6 is 0 Å². The molecule has 0 saturated carbocycles. The zero-order chi connectivity index (χ0) is 23.6. The van der Waals surface area contributed by atoms with Crippen molar-refractivity contribution < 1.29 is 12.6 Å². The minimum atomic E-state index is -3.95. The Balaban J connectivity index is 2.09. The summed E-state index contributed by atoms with van der Waals surface area (Å²) in [5, 5.41) is 3.53. The zero-order valence-corrected chi connectivity index (χ0v) is 20.8. The first-order valence-corrected chi connectivity index (χ1v) is 12.4. The summed E-state index contributed by atoms with van der Waals surface area (Å²) in [7, 11) is -3.95. The summed E-state index contributed by atoms with van der Waals surface area (Å²) >= 11 is 0. The van der Waals surface area contributed by atoms with Gasteiger partial charge in [0.2, 0.25) is 0 Å². The van der Waals surface area contributed by atoms with E-state index in [-0.39, 0.29) is 16.7 Å². The molecule has 5 heteroatoms. The van der Waals surface area contributed by atoms with Gasteiger partial charge in [-0.15, -0.1) is 0 Å². The predicted molar refractivity (Wildman–Crippen MR) is 133 cm³/mol. The summed E-state index contributed by atoms with van der Waals surface area (Å²) in [5.41, 5.74) is 7.00. The van der Waals surface area contributed by atoms with Crippen molar-refractivity contribution in [3.05, 3.63) is 82.4 Å². The molecule has 0 aliphatic carbocycles. The van der Waals surface area contributed by atoms with Gasteiger partial charge in [-0.1, -0.05) is 57.5 Å². The van der Waals surface area contributed by atoms with E-state index < -0.39 is 10.1 Å². The van der Waals surface area contributed by atoms with E-state index in [9.17, 15) is 8.42 Å². The largest absolute Gasteiger partial charge is 0.378 e. The third kappa shape index (κ3) is 5.33. The molecule has 32 heavy (non-hydrogen) atoms. The number of hydrogen-bond donors (Lipinski definition) is 1. The van der Waals surface area contributed by atoms with Crippen LogP contribution in [0.4, 0.5) is 11.4 Å². The van der Waals surface area contributed by atoms with Gasteiger partial charge in [-0.3, -0.25) is 0 Å². The van der Waals surface area contributed by atoms with E-state index in [0.29, 0.717) is 5.75 Å². The Morgan fingerprint density at radius 3 is 1.81 bits per heavy atom. The van der Waals surface area contributed by atoms with Crippen LogP contribution in [-0.2, 0) is 10.1 Å². The molecule has 0 amide bonds. The van der Waals surface area contributed by atoms with Gasteiger partial charge in [-0.2, -0.15) is 8.42 Å². The minimum absolute atomic E-state index is 0.0797. The van der Waals surface area contributed by atoms with E-state index in [0.717, 1.165) is 33.6 Å². The van der Waals surface area contributed by atoms with Crippen molar-refractivity contribution in [2.75, 3.05) is 5.32 Å². The number of hydrogen-bond acceptors (Lipinski definition) is 4. The molecule has 4 nitrogen and oxygen atoms in total. The van der Waals surface area contributed by atoms with Crippen LogP contribution in [0.25, 0.3) is 0 Å². The standard InChI is InChI=1S/C27H33NO3S/c1-17(2)24-15-22(28-26-14-20(6)8-11-21(26)7)16-25(18(3)4)27(24)31-32(29,30)23-12-9-19(5)10-13-23/h8-18,28H,1-7H3. The van der Waals surface area contributed by atoms with Crippen LogP contribution < -0.4 is 9.50 Å². The van der Waals surface area contributed by atoms with Crippen molar-refractivity contribution in [1.29, 1.82) is 0 Å². The number of nitrogens with one attached hydrogen (secondary N) is 1. The minimum Gasteiger partial charge on any atom is -0.378 e. The fourth-order valence-corrected chi connectivity index (χ4v) is 4.57. The average molecular weight is 452 g/mol. The monoisotopic (exact) mass is 451 g/mol. The highest BCUT2D eigenvalue weighted by Gasteiger charge is 2.24. The first kappa shape index (κ1) is 23.9. The Labute approximate surface area is 192 Å². The normalized spacial score (nSPS) is 11.8. The quantitative estimate of drug-likeness (QED) is 0.381. The van der Waals surface area contributed by atoms with Crippen LogP contribution in [0, 0.1) is 20.8 Å². The molecule has 0 radical (unpaired) electrons. The Hall–Kier alpha value is -2.79. The predicted octanol–water partition coefficient (Wildman–Crippen LogP) is 7.37. The van der Waals surface area contributed by atoms with Gasteiger partial charge >= 0.3 is 10.1 Å². The maximum atomic E-state index is 13.1. The van der Waals surface area contributed by atoms with Crippen molar-refractivity contribution in [1.82, 2.24) is 0 Å². The van der Waals surface area contributed by atoms with Crippen LogP contribution in [-0.4, -0.2) is 8.42 Å². The molecule has 0 aliphatic rings. The summed E-state index contributed by atoms with van der Waals surface area (Å²) in [6, 6.07) is 17.0. The summed E-state index contributed by atoms with van der Waals surface area (Å²) in [5.74, 6) is 0.592. The van der Waals surface area contributed by atoms with Crippen molar-refractivity contribution in [2.24, 2.45) is 0 Å². The molecule has 0 fully saturated rings. The second-order valence-electron chi connectivity index (χ2n) is 9.09. The van der Waals surface area contributed by atoms with Gasteiger partial charge in [-0.25, -0.2) is 0 Å². The number of benzene rings is 3. The molecule has 170 valence electrons. The molecule has 0 aromatic heterocycles. The highest BCUT2D eigenvalue weighted by atomic mass is 32.2. The van der Waals surface area contributed by atoms with Crippen LogP contribution in [0.15, 0.2) is 59.5 Å². The summed E-state index contributed by atoms with van der Waals surface area (Å²) < 4.78 is 32.0. The second-order valence-corrected chi connectivity index (χ2v) is 10.6. The fourth-order valence-electron chi connectivity index (χ4n) is 3.59. The van der Waals surface area contributed by atoms with E-state index in [1.165, 1.54) is 5.56 Å². The molecule has 3 aromatic carbocycles. The third-order valence-electron chi connectivity index (χ3n) is 5.57. The maximum absolute atomic E-state index is 13.1. The smallest absolute Gasteiger partial charge is 0.339 e. The Morgan fingerprint density at radius 2 is 1.28 bits per heavy atom. The SMILES string of the molecule is Cc1ccc(S(=O)(=O)Oc2c(C(C)C)cc(Nc3cc(C)ccc3C)cc2C(C)C)cc1. The van der Waals surface area contributed by atoms with E-state index in [1.54, 1.807) is 24.3 Å². The van der Waals surface area contributed by atoms with Gasteiger partial charge in [0.15, 0.2) is 0 Å². The van der Waals surface area contributed by atoms with Crippen LogP contribution in [0.1, 0.15) is 67.3 Å². The zero-order valence-electron chi connectivity index (χ0n) is 20.0. The molecular formula is C27H33NO3S. The molecule has 0 spiro atoms. The van der Waals surface area contributed by atoms with E-state index >= 15 is 0 Å². The summed E-state index contributed by atoms with van der Waals surface area (Å²) in [6.45, 7) is 14.3. The first-order valence-electron chi connectivity index (χ1n) is 11.0. The first-order chi connectivity index (χ1) is 15.0. The van der Waals surface area contributed by atoms with Gasteiger partial charge in [0, 0.05) is 22.5 Å². The van der Waals surface area contributed by atoms with Gasteiger partial charge in [0.05, 0.1) is 0 Å². The lowest BCUT2D eigenvalue weighted by atomic mass is 9.93. The van der Waals surface area contributed by atoms with Crippen LogP contribution in [0.2, 0.25) is 0 Å². The topological polar surface area (TPSA) is 55.4 Å². The van der Waals surface area contributed by atoms with Gasteiger partial charge in [0.1, 0.15) is 10.6 Å². The van der Waals surface area contributed by atoms with Crippen molar-refractivity contribution in [3.8, 4) is 5.75 Å². The summed E-state index contributed by atoms with van der Waals surface area (Å²) in [4.78, 5) is 0.157. The van der Waals surface area contributed by atoms with Gasteiger partial charge in [0.25, 0.3) is 0 Å². The molecule has 0 heterocycles. The van der Waals surface area contributed by atoms with E-state index in [1.807, 2.05) is 46.8 Å². The fraction of sp³-hybridized carbons (Fsp3) is 0.333. The lowest BCUT2D eigenvalue weighted by molar-refractivity contribution is 0.476. The molecule has 3 rings (SSSR count). The highest BCUT2D eigenvalue weighted by Crippen LogP contribution is 2.40. The number of aryl methyl sites for hydroxylation is 3. The van der Waals surface area contributed by atoms with Crippen LogP contribution in [0.3, 0.4) is 0 Å². The van der Waals surface area contributed by atoms with Gasteiger partial charge in [-0.05, 0) is 74.1 Å². The average Bonchev–Trinajstić information content (AvgIpc) is 2.71. The summed E-state index contributed by atoms with van der Waals surface area (Å²) in [6.07, 6.45) is 0. The molecular weight excluding hydrogens is 418 g/mol. The molecule has 1 N–H and O–H groups in total. The number of rotatable bonds is 7. The Bertz CT molecular complexity index is 1180. The van der Waals surface area contributed by atoms with Gasteiger partial charge < -0.3 is 9.50 Å². The highest BCUT2D eigenvalue weighted by molar-refractivity contribution is 7.87. The van der Waals surface area contributed by atoms with E-state index in [2.05, 4.69) is 37.4 Å². The third-order valence-corrected chi connectivity index (χ3v) is 6.80. The molecule has 0 unspecified atom stereocenters. The Morgan fingerprint density at radius 1 is 0.750 bits per heavy atom. The van der Waals surface area contributed by atoms with Crippen molar-refractivity contribution in [3.63, 3.8) is 0 Å². The van der Waals surface area contributed by atoms with Crippen molar-refractivity contribution in [2.45, 2.75) is 65.2 Å². The van der Waals surface area contributed by atoms with Crippen LogP contribution in [0.5, 0.6) is 5.75 Å². The van der Waals surface area contributed by atoms with Crippen molar-refractivity contribution >= 4 is 21.5 Å². The lowest BCUT2D eigenvalue weighted by Crippen LogP contribution is -2.14. The lowest BCUT2D eigenvalue weighted by Gasteiger charge is -2.22. The molecule has 0 bridgehead atoms. The Kier molecular flexibility index (Phi) is 6.99. The number of anilines is 2. The second kappa shape index (κ2) is 9.37. The molecule has 0 saturated heterocycles. The molecule has 3 aromatic rings. The molecule has 0 atom stereocenters.